The molecule has 0 aliphatic carbocycles. The van der Waals surface area contributed by atoms with Crippen LogP contribution in [0.15, 0.2) is 52.5 Å². The van der Waals surface area contributed by atoms with Crippen molar-refractivity contribution in [3.63, 3.8) is 0 Å². The zero-order chi connectivity index (χ0) is 16.9. The number of hydrogen-bond donors (Lipinski definition) is 0. The normalized spacial score (nSPS) is 10.6. The van der Waals surface area contributed by atoms with E-state index in [1.165, 1.54) is 16.9 Å². The van der Waals surface area contributed by atoms with Crippen LogP contribution in [0.25, 0.3) is 10.8 Å². The van der Waals surface area contributed by atoms with Crippen molar-refractivity contribution in [3.8, 4) is 16.5 Å². The van der Waals surface area contributed by atoms with Crippen LogP contribution in [0.3, 0.4) is 0 Å². The number of rotatable bonds is 6. The first-order chi connectivity index (χ1) is 11.6. The molecule has 0 saturated carbocycles. The third kappa shape index (κ3) is 3.83. The number of nitrogens with zero attached hydrogens (tertiary/aromatic N) is 2. The second-order valence-electron chi connectivity index (χ2n) is 5.40. The number of ether oxygens (including phenoxy) is 1. The fourth-order valence-electron chi connectivity index (χ4n) is 2.12. The maximum atomic E-state index is 12.4. The van der Waals surface area contributed by atoms with E-state index in [4.69, 9.17) is 9.15 Å². The van der Waals surface area contributed by atoms with Crippen molar-refractivity contribution >= 4 is 17.2 Å². The van der Waals surface area contributed by atoms with Crippen LogP contribution in [0.4, 0.5) is 0 Å². The predicted molar refractivity (Wildman–Crippen MR) is 93.5 cm³/mol. The van der Waals surface area contributed by atoms with Crippen molar-refractivity contribution in [1.29, 1.82) is 0 Å². The molecule has 2 aromatic heterocycles. The second kappa shape index (κ2) is 7.31. The molecule has 2 heterocycles. The Hall–Kier alpha value is -2.60. The quantitative estimate of drug-likeness (QED) is 0.682. The number of aryl methyl sites for hydroxylation is 1. The minimum absolute atomic E-state index is 0.128. The Kier molecular flexibility index (Phi) is 4.96. The minimum Gasteiger partial charge on any atom is -0.492 e. The number of carbonyl (C=O) groups is 1. The number of aromatic nitrogens is 1. The topological polar surface area (TPSA) is 55.6 Å². The molecule has 6 heteroatoms. The highest BCUT2D eigenvalue weighted by molar-refractivity contribution is 7.13. The summed E-state index contributed by atoms with van der Waals surface area (Å²) in [6.07, 6.45) is 1.59. The molecule has 5 nitrogen and oxygen atoms in total. The van der Waals surface area contributed by atoms with Crippen LogP contribution in [-0.2, 0) is 0 Å². The molecule has 0 aliphatic heterocycles. The Morgan fingerprint density at radius 1 is 1.29 bits per heavy atom. The summed E-state index contributed by atoms with van der Waals surface area (Å²) in [6.45, 7) is 2.95. The number of hydrogen-bond acceptors (Lipinski definition) is 5. The van der Waals surface area contributed by atoms with Gasteiger partial charge in [0.2, 0.25) is 0 Å². The average molecular weight is 342 g/mol. The maximum Gasteiger partial charge on any atom is 0.273 e. The third-order valence-electron chi connectivity index (χ3n) is 3.52. The SMILES string of the molecule is Cc1ccc(OCCN(C)C(=O)c2csc(-c3ccco3)n2)cc1. The van der Waals surface area contributed by atoms with Crippen LogP contribution in [-0.4, -0.2) is 36.0 Å². The van der Waals surface area contributed by atoms with E-state index in [9.17, 15) is 4.79 Å². The largest absolute Gasteiger partial charge is 0.492 e. The van der Waals surface area contributed by atoms with Gasteiger partial charge in [0.1, 0.15) is 18.1 Å². The van der Waals surface area contributed by atoms with E-state index in [0.29, 0.717) is 29.6 Å². The molecule has 1 amide bonds. The van der Waals surface area contributed by atoms with Gasteiger partial charge in [-0.2, -0.15) is 0 Å². The van der Waals surface area contributed by atoms with Crippen LogP contribution in [0, 0.1) is 6.92 Å². The zero-order valence-electron chi connectivity index (χ0n) is 13.6. The lowest BCUT2D eigenvalue weighted by Gasteiger charge is -2.16. The maximum absolute atomic E-state index is 12.4. The van der Waals surface area contributed by atoms with Crippen molar-refractivity contribution < 1.29 is 13.9 Å². The van der Waals surface area contributed by atoms with E-state index in [1.807, 2.05) is 37.3 Å². The predicted octanol–water partition coefficient (Wildman–Crippen LogP) is 3.86. The van der Waals surface area contributed by atoms with Gasteiger partial charge in [-0.25, -0.2) is 4.98 Å². The Morgan fingerprint density at radius 3 is 2.79 bits per heavy atom. The average Bonchev–Trinajstić information content (AvgIpc) is 3.27. The van der Waals surface area contributed by atoms with Crippen molar-refractivity contribution in [3.05, 3.63) is 59.3 Å². The standard InChI is InChI=1S/C18H18N2O3S/c1-13-5-7-14(8-6-13)22-11-9-20(2)18(21)15-12-24-17(19-15)16-4-3-10-23-16/h3-8,10,12H,9,11H2,1-2H3. The molecule has 24 heavy (non-hydrogen) atoms. The van der Waals surface area contributed by atoms with Crippen LogP contribution in [0.2, 0.25) is 0 Å². The Morgan fingerprint density at radius 2 is 2.08 bits per heavy atom. The summed E-state index contributed by atoms with van der Waals surface area (Å²) >= 11 is 1.39. The van der Waals surface area contributed by atoms with E-state index in [-0.39, 0.29) is 5.91 Å². The summed E-state index contributed by atoms with van der Waals surface area (Å²) in [6, 6.07) is 11.5. The number of benzene rings is 1. The molecule has 1 aromatic carbocycles. The molecule has 0 fully saturated rings. The fraction of sp³-hybridized carbons (Fsp3) is 0.222. The van der Waals surface area contributed by atoms with Gasteiger partial charge >= 0.3 is 0 Å². The number of thiazole rings is 1. The summed E-state index contributed by atoms with van der Waals surface area (Å²) in [5.41, 5.74) is 1.61. The van der Waals surface area contributed by atoms with Gasteiger partial charge in [-0.3, -0.25) is 4.79 Å². The van der Waals surface area contributed by atoms with Gasteiger partial charge in [0, 0.05) is 12.4 Å². The van der Waals surface area contributed by atoms with Gasteiger partial charge < -0.3 is 14.1 Å². The summed E-state index contributed by atoms with van der Waals surface area (Å²) in [4.78, 5) is 18.3. The second-order valence-corrected chi connectivity index (χ2v) is 6.26. The van der Waals surface area contributed by atoms with Gasteiger partial charge in [-0.15, -0.1) is 11.3 Å². The molecule has 124 valence electrons. The van der Waals surface area contributed by atoms with Crippen LogP contribution in [0.1, 0.15) is 16.1 Å². The highest BCUT2D eigenvalue weighted by Crippen LogP contribution is 2.24. The summed E-state index contributed by atoms with van der Waals surface area (Å²) in [7, 11) is 1.74. The molecule has 3 rings (SSSR count). The van der Waals surface area contributed by atoms with E-state index in [2.05, 4.69) is 4.98 Å². The van der Waals surface area contributed by atoms with Gasteiger partial charge in [0.05, 0.1) is 12.8 Å². The molecule has 0 aliphatic rings. The number of likely N-dealkylation sites (N-methyl/N-ethyl adjacent to an activating group) is 1. The van der Waals surface area contributed by atoms with Crippen molar-refractivity contribution in [1.82, 2.24) is 9.88 Å². The summed E-state index contributed by atoms with van der Waals surface area (Å²) < 4.78 is 11.0. The molecule has 0 spiro atoms. The van der Waals surface area contributed by atoms with Gasteiger partial charge in [-0.05, 0) is 31.2 Å². The van der Waals surface area contributed by atoms with Crippen molar-refractivity contribution in [2.45, 2.75) is 6.92 Å². The van der Waals surface area contributed by atoms with Crippen LogP contribution in [0.5, 0.6) is 5.75 Å². The smallest absolute Gasteiger partial charge is 0.273 e. The molecule has 3 aromatic rings. The first-order valence-electron chi connectivity index (χ1n) is 7.58. The van der Waals surface area contributed by atoms with Gasteiger partial charge in [0.15, 0.2) is 10.8 Å². The van der Waals surface area contributed by atoms with Crippen molar-refractivity contribution in [2.24, 2.45) is 0 Å². The number of furan rings is 1. The highest BCUT2D eigenvalue weighted by atomic mass is 32.1. The number of carbonyl (C=O) groups excluding carboxylic acids is 1. The molecular weight excluding hydrogens is 324 g/mol. The van der Waals surface area contributed by atoms with E-state index < -0.39 is 0 Å². The molecule has 0 N–H and O–H groups in total. The fourth-order valence-corrected chi connectivity index (χ4v) is 2.88. The molecule has 0 atom stereocenters. The lowest BCUT2D eigenvalue weighted by Crippen LogP contribution is -2.31. The third-order valence-corrected chi connectivity index (χ3v) is 4.38. The lowest BCUT2D eigenvalue weighted by molar-refractivity contribution is 0.0769. The Bertz CT molecular complexity index is 794. The Balaban J connectivity index is 1.54. The monoisotopic (exact) mass is 342 g/mol. The van der Waals surface area contributed by atoms with E-state index in [1.54, 1.807) is 29.7 Å². The van der Waals surface area contributed by atoms with E-state index in [0.717, 1.165) is 5.75 Å². The molecular formula is C18H18N2O3S. The number of amides is 1. The van der Waals surface area contributed by atoms with Crippen LogP contribution >= 0.6 is 11.3 Å². The molecule has 0 unspecified atom stereocenters. The zero-order valence-corrected chi connectivity index (χ0v) is 14.4. The highest BCUT2D eigenvalue weighted by Gasteiger charge is 2.17. The molecule has 0 bridgehead atoms. The molecule has 0 radical (unpaired) electrons. The summed E-state index contributed by atoms with van der Waals surface area (Å²) in [5, 5.41) is 2.45. The van der Waals surface area contributed by atoms with E-state index >= 15 is 0 Å². The first-order valence-corrected chi connectivity index (χ1v) is 8.46. The van der Waals surface area contributed by atoms with Crippen molar-refractivity contribution in [2.75, 3.05) is 20.2 Å². The Labute approximate surface area is 144 Å². The first kappa shape index (κ1) is 16.3. The lowest BCUT2D eigenvalue weighted by atomic mass is 10.2. The van der Waals surface area contributed by atoms with Gasteiger partial charge in [0.25, 0.3) is 5.91 Å². The minimum atomic E-state index is -0.128. The van der Waals surface area contributed by atoms with Crippen LogP contribution < -0.4 is 4.74 Å². The van der Waals surface area contributed by atoms with Gasteiger partial charge in [-0.1, -0.05) is 17.7 Å². The molecule has 0 saturated heterocycles. The summed E-state index contributed by atoms with van der Waals surface area (Å²) in [5.74, 6) is 1.34.